The molecule has 3 amide bonds. The quantitative estimate of drug-likeness (QED) is 0.0116. The Hall–Kier alpha value is -6.40. The number of nitrogens with two attached hydrogens (primary N) is 1. The highest BCUT2D eigenvalue weighted by atomic mass is 32.2. The fourth-order valence-corrected chi connectivity index (χ4v) is 8.25. The van der Waals surface area contributed by atoms with E-state index in [1.807, 2.05) is 25.1 Å². The van der Waals surface area contributed by atoms with Gasteiger partial charge < -0.3 is 73.2 Å². The Morgan fingerprint density at radius 2 is 1.15 bits per heavy atom. The van der Waals surface area contributed by atoms with Crippen LogP contribution in [-0.4, -0.2) is 216 Å². The van der Waals surface area contributed by atoms with Gasteiger partial charge in [-0.3, -0.25) is 23.8 Å². The molecule has 0 radical (unpaired) electrons. The van der Waals surface area contributed by atoms with Crippen LogP contribution in [0.25, 0.3) is 17.2 Å². The normalized spacial score (nSPS) is 13.2. The lowest BCUT2D eigenvalue weighted by molar-refractivity contribution is -0.181. The second-order valence-corrected chi connectivity index (χ2v) is 20.4. The Morgan fingerprint density at radius 1 is 0.659 bits per heavy atom. The number of aromatic nitrogens is 2. The van der Waals surface area contributed by atoms with Crippen molar-refractivity contribution >= 4 is 51.6 Å². The molecule has 2 aliphatic rings. The highest BCUT2D eigenvalue weighted by Gasteiger charge is 2.34. The van der Waals surface area contributed by atoms with E-state index in [4.69, 9.17) is 67.2 Å². The van der Waals surface area contributed by atoms with E-state index in [9.17, 15) is 45.2 Å². The summed E-state index contributed by atoms with van der Waals surface area (Å²) in [5.41, 5.74) is 9.48. The largest absolute Gasteiger partial charge is 0.446 e. The van der Waals surface area contributed by atoms with Crippen LogP contribution in [0.4, 0.5) is 28.0 Å². The standard InChI is InChI=1S/C56H77F4N7O20S/c1-2-11-67(85-14-10-62-56(71)86-43-4-3-5-43)55(70)41-33-40-7-6-39(34-44(40)66-45(61)35-41)42-36-63-46(64-37-42)38-65-47(68)8-12-75-15-17-77-19-21-79-23-25-81-27-29-83-31-32-84-30-28-82-26-24-80-22-20-78-18-16-76-13-9-48(69)87-53-49(57)51(59)54(88(72,73)74)52(60)50(53)58/h6-7,33-34,36-37,43H,2-5,8-32,35,38H2,1H3,(H2,61,66)(H,62,71)(H,65,68)(H,72,73,74). The molecule has 0 spiro atoms. The molecule has 0 saturated heterocycles. The number of halogens is 4. The molecule has 5 rings (SSSR count). The van der Waals surface area contributed by atoms with Gasteiger partial charge in [0.2, 0.25) is 23.3 Å². The van der Waals surface area contributed by atoms with Gasteiger partial charge in [0.15, 0.2) is 16.5 Å². The number of carbonyl (C=O) groups excluding carboxylic acids is 4. The number of amides is 3. The third-order valence-electron chi connectivity index (χ3n) is 12.3. The predicted molar refractivity (Wildman–Crippen MR) is 302 cm³/mol. The van der Waals surface area contributed by atoms with E-state index in [0.29, 0.717) is 128 Å². The smallest absolute Gasteiger partial charge is 0.407 e. The van der Waals surface area contributed by atoms with Crippen molar-refractivity contribution in [2.75, 3.05) is 152 Å². The number of benzene rings is 2. The van der Waals surface area contributed by atoms with E-state index >= 15 is 0 Å². The summed E-state index contributed by atoms with van der Waals surface area (Å²) in [5.74, 6) is -12.6. The molecule has 5 N–H and O–H groups in total. The lowest BCUT2D eigenvalue weighted by Gasteiger charge is -2.25. The first-order chi connectivity index (χ1) is 42.5. The molecule has 0 atom stereocenters. The molecular weight excluding hydrogens is 1200 g/mol. The van der Waals surface area contributed by atoms with E-state index in [2.05, 4.69) is 30.3 Å². The van der Waals surface area contributed by atoms with Crippen molar-refractivity contribution in [3.05, 3.63) is 70.8 Å². The second kappa shape index (κ2) is 41.0. The molecule has 1 saturated carbocycles. The van der Waals surface area contributed by atoms with Gasteiger partial charge in [-0.15, -0.1) is 0 Å². The van der Waals surface area contributed by atoms with Crippen LogP contribution >= 0.6 is 0 Å². The van der Waals surface area contributed by atoms with Crippen molar-refractivity contribution < 1.29 is 111 Å². The Bertz CT molecular complexity index is 2790. The SMILES string of the molecule is CCCN(OCCNC(=O)OC1CCC1)C(=O)C1=Cc2ccc(-c3cnc(CNC(=O)CCOCCOCCOCCOCCOCCOCCOCCOCCOCCOCCC(=O)Oc4c(F)c(F)c(S(=O)(=O)O)c(F)c4F)nc3)cc2N=C(N)C1. The van der Waals surface area contributed by atoms with Gasteiger partial charge in [-0.1, -0.05) is 19.1 Å². The molecule has 3 aromatic rings. The zero-order chi connectivity index (χ0) is 63.4. The van der Waals surface area contributed by atoms with E-state index in [1.54, 1.807) is 18.5 Å². The number of nitrogens with one attached hydrogen (secondary N) is 2. The third-order valence-corrected chi connectivity index (χ3v) is 13.2. The number of rotatable bonds is 46. The van der Waals surface area contributed by atoms with Crippen LogP contribution in [0.2, 0.25) is 0 Å². The molecule has 1 aliphatic carbocycles. The molecule has 32 heteroatoms. The lowest BCUT2D eigenvalue weighted by atomic mass is 9.96. The number of carbonyl (C=O) groups is 4. The molecule has 0 unspecified atom stereocenters. The lowest BCUT2D eigenvalue weighted by Crippen LogP contribution is -2.38. The Kier molecular flexibility index (Phi) is 33.7. The van der Waals surface area contributed by atoms with Gasteiger partial charge in [0, 0.05) is 55.0 Å². The fraction of sp³-hybridized carbons (Fsp3) is 0.589. The first kappa shape index (κ1) is 72.3. The summed E-state index contributed by atoms with van der Waals surface area (Å²) in [6.45, 7) is 8.22. The van der Waals surface area contributed by atoms with Gasteiger partial charge in [-0.25, -0.2) is 33.6 Å². The third kappa shape index (κ3) is 27.1. The molecule has 88 heavy (non-hydrogen) atoms. The minimum atomic E-state index is -5.65. The number of nitrogens with zero attached hydrogens (tertiary/aromatic N) is 4. The van der Waals surface area contributed by atoms with E-state index < -0.39 is 62.5 Å². The maximum absolute atomic E-state index is 14.0. The average Bonchev–Trinajstić information content (AvgIpc) is 1.87. The van der Waals surface area contributed by atoms with Crippen molar-refractivity contribution in [3.63, 3.8) is 0 Å². The number of hydroxylamine groups is 2. The van der Waals surface area contributed by atoms with Crippen molar-refractivity contribution in [1.29, 1.82) is 0 Å². The summed E-state index contributed by atoms with van der Waals surface area (Å²) in [6.07, 6.45) is 7.66. The van der Waals surface area contributed by atoms with Gasteiger partial charge in [-0.05, 0) is 43.4 Å². The maximum Gasteiger partial charge on any atom is 0.407 e. The molecule has 1 fully saturated rings. The summed E-state index contributed by atoms with van der Waals surface area (Å²) in [4.78, 5) is 66.8. The Balaban J connectivity index is 0.755. The van der Waals surface area contributed by atoms with Crippen molar-refractivity contribution in [1.82, 2.24) is 25.7 Å². The van der Waals surface area contributed by atoms with Crippen molar-refractivity contribution in [2.24, 2.45) is 10.7 Å². The molecule has 0 bridgehead atoms. The number of aliphatic imine (C=N–C) groups is 1. The summed E-state index contributed by atoms with van der Waals surface area (Å²) in [7, 11) is -5.65. The average molecular weight is 1280 g/mol. The van der Waals surface area contributed by atoms with E-state index in [0.717, 1.165) is 30.4 Å². The van der Waals surface area contributed by atoms with Gasteiger partial charge in [0.25, 0.3) is 5.91 Å². The minimum absolute atomic E-state index is 0.0124. The summed E-state index contributed by atoms with van der Waals surface area (Å²) < 4.78 is 150. The minimum Gasteiger partial charge on any atom is -0.446 e. The van der Waals surface area contributed by atoms with Gasteiger partial charge in [0.1, 0.15) is 17.8 Å². The Labute approximate surface area is 506 Å². The second-order valence-electron chi connectivity index (χ2n) is 19.0. The van der Waals surface area contributed by atoms with Crippen LogP contribution in [0.1, 0.15) is 63.3 Å². The number of alkyl carbamates (subject to hydrolysis) is 1. The van der Waals surface area contributed by atoms with Crippen LogP contribution in [0, 0.1) is 23.3 Å². The van der Waals surface area contributed by atoms with Crippen LogP contribution in [0.3, 0.4) is 0 Å². The molecule has 27 nitrogen and oxygen atoms in total. The number of hydrogen-bond donors (Lipinski definition) is 4. The van der Waals surface area contributed by atoms with Gasteiger partial charge in [-0.2, -0.15) is 17.2 Å². The Morgan fingerprint density at radius 3 is 1.61 bits per heavy atom. The van der Waals surface area contributed by atoms with Crippen LogP contribution in [0.15, 0.2) is 46.1 Å². The monoisotopic (exact) mass is 1280 g/mol. The maximum atomic E-state index is 14.0. The number of fused-ring (bicyclic) bond motifs is 1. The molecule has 490 valence electrons. The molecular formula is C56H77F4N7O20S. The fourth-order valence-electron chi connectivity index (χ4n) is 7.62. The summed E-state index contributed by atoms with van der Waals surface area (Å²) >= 11 is 0. The highest BCUT2D eigenvalue weighted by Crippen LogP contribution is 2.34. The first-order valence-corrected chi connectivity index (χ1v) is 30.0. The number of hydrogen-bond acceptors (Lipinski definition) is 23. The van der Waals surface area contributed by atoms with Crippen molar-refractivity contribution in [3.8, 4) is 16.9 Å². The number of esters is 1. The van der Waals surface area contributed by atoms with Crippen LogP contribution in [-0.2, 0) is 88.0 Å². The molecule has 1 aromatic heterocycles. The number of amidine groups is 1. The van der Waals surface area contributed by atoms with Crippen molar-refractivity contribution in [2.45, 2.75) is 69.4 Å². The highest BCUT2D eigenvalue weighted by molar-refractivity contribution is 7.85. The topological polar surface area (TPSA) is 334 Å². The molecule has 2 heterocycles. The van der Waals surface area contributed by atoms with E-state index in [-0.39, 0.29) is 95.9 Å². The van der Waals surface area contributed by atoms with Gasteiger partial charge in [0.05, 0.1) is 157 Å². The zero-order valence-electron chi connectivity index (χ0n) is 49.0. The van der Waals surface area contributed by atoms with E-state index in [1.165, 1.54) is 5.06 Å². The van der Waals surface area contributed by atoms with Crippen LogP contribution in [0.5, 0.6) is 5.75 Å². The first-order valence-electron chi connectivity index (χ1n) is 28.5. The zero-order valence-corrected chi connectivity index (χ0v) is 49.8. The van der Waals surface area contributed by atoms with Crippen LogP contribution < -0.4 is 21.1 Å². The summed E-state index contributed by atoms with van der Waals surface area (Å²) in [6, 6.07) is 5.56. The summed E-state index contributed by atoms with van der Waals surface area (Å²) in [5, 5.41) is 6.74. The predicted octanol–water partition coefficient (Wildman–Crippen LogP) is 4.34. The molecule has 1 aliphatic heterocycles. The van der Waals surface area contributed by atoms with Gasteiger partial charge >= 0.3 is 22.2 Å². The number of ether oxygens (including phenoxy) is 12. The molecule has 2 aromatic carbocycles.